The van der Waals surface area contributed by atoms with E-state index >= 15 is 0 Å². The Kier molecular flexibility index (Phi) is 6.71. The molecule has 0 aromatic carbocycles. The zero-order valence-corrected chi connectivity index (χ0v) is 19.7. The highest BCUT2D eigenvalue weighted by Crippen LogP contribution is 2.34. The molecular weight excluding hydrogens is 410 g/mol. The molecule has 3 saturated heterocycles. The van der Waals surface area contributed by atoms with E-state index in [-0.39, 0.29) is 0 Å². The van der Waals surface area contributed by atoms with Gasteiger partial charge in [-0.2, -0.15) is 0 Å². The lowest BCUT2D eigenvalue weighted by Gasteiger charge is -2.34. The molecule has 0 spiro atoms. The zero-order chi connectivity index (χ0) is 21.2. The maximum absolute atomic E-state index is 5.56. The smallest absolute Gasteiger partial charge is 0.146 e. The van der Waals surface area contributed by atoms with E-state index < -0.39 is 0 Å². The molecule has 3 fully saturated rings. The molecule has 2 aromatic rings. The van der Waals surface area contributed by atoms with Gasteiger partial charge in [0, 0.05) is 50.2 Å². The number of nitrogens with zero attached hydrogens (tertiary/aromatic N) is 4. The van der Waals surface area contributed by atoms with Gasteiger partial charge in [-0.25, -0.2) is 9.97 Å². The first-order valence-electron chi connectivity index (χ1n) is 11.8. The largest absolute Gasteiger partial charge is 0.381 e. The summed E-state index contributed by atoms with van der Waals surface area (Å²) in [6.07, 6.45) is 3.56. The lowest BCUT2D eigenvalue weighted by Crippen LogP contribution is -2.41. The summed E-state index contributed by atoms with van der Waals surface area (Å²) in [7, 11) is 0. The molecule has 2 aromatic heterocycles. The predicted molar refractivity (Wildman–Crippen MR) is 125 cm³/mol. The lowest BCUT2D eigenvalue weighted by atomic mass is 10.0. The van der Waals surface area contributed by atoms with E-state index in [4.69, 9.17) is 19.4 Å². The van der Waals surface area contributed by atoms with Gasteiger partial charge in [-0.05, 0) is 44.6 Å². The van der Waals surface area contributed by atoms with Crippen LogP contribution in [-0.4, -0.2) is 85.0 Å². The van der Waals surface area contributed by atoms with Gasteiger partial charge in [0.15, 0.2) is 0 Å². The molecule has 0 radical (unpaired) electrons. The molecule has 1 N–H and O–H groups in total. The number of hydrogen-bond acceptors (Lipinski definition) is 8. The Labute approximate surface area is 189 Å². The number of fused-ring (bicyclic) bond motifs is 1. The Hall–Kier alpha value is -1.32. The van der Waals surface area contributed by atoms with Crippen molar-refractivity contribution in [1.82, 2.24) is 19.8 Å². The molecule has 7 nitrogen and oxygen atoms in total. The highest BCUT2D eigenvalue weighted by Gasteiger charge is 2.25. The Morgan fingerprint density at radius 3 is 2.52 bits per heavy atom. The second kappa shape index (κ2) is 9.67. The highest BCUT2D eigenvalue weighted by atomic mass is 32.1. The van der Waals surface area contributed by atoms with Crippen LogP contribution in [0.1, 0.15) is 35.5 Å². The van der Waals surface area contributed by atoms with Crippen LogP contribution in [0.25, 0.3) is 10.2 Å². The Bertz CT molecular complexity index is 884. The van der Waals surface area contributed by atoms with Crippen LogP contribution in [0.2, 0.25) is 0 Å². The van der Waals surface area contributed by atoms with Crippen LogP contribution < -0.4 is 5.32 Å². The van der Waals surface area contributed by atoms with Crippen LogP contribution in [0.15, 0.2) is 0 Å². The summed E-state index contributed by atoms with van der Waals surface area (Å²) < 4.78 is 11.1. The minimum atomic E-state index is 0.477. The molecule has 1 atom stereocenters. The van der Waals surface area contributed by atoms with Crippen LogP contribution in [0.3, 0.4) is 0 Å². The number of aryl methyl sites for hydroxylation is 2. The number of piperidine rings is 1. The topological polar surface area (TPSA) is 62.8 Å². The van der Waals surface area contributed by atoms with Gasteiger partial charge in [0.2, 0.25) is 0 Å². The molecule has 0 amide bonds. The van der Waals surface area contributed by atoms with Crippen molar-refractivity contribution in [2.24, 2.45) is 5.92 Å². The molecule has 5 rings (SSSR count). The molecule has 31 heavy (non-hydrogen) atoms. The molecule has 0 saturated carbocycles. The lowest BCUT2D eigenvalue weighted by molar-refractivity contribution is 0.0331. The first kappa shape index (κ1) is 21.5. The predicted octanol–water partition coefficient (Wildman–Crippen LogP) is 3.05. The van der Waals surface area contributed by atoms with E-state index in [0.29, 0.717) is 6.04 Å². The number of aromatic nitrogens is 2. The van der Waals surface area contributed by atoms with Gasteiger partial charge in [-0.1, -0.05) is 0 Å². The third-order valence-corrected chi connectivity index (χ3v) is 8.11. The second-order valence-corrected chi connectivity index (χ2v) is 10.5. The summed E-state index contributed by atoms with van der Waals surface area (Å²) in [6, 6.07) is 0.477. The molecule has 170 valence electrons. The Balaban J connectivity index is 1.28. The van der Waals surface area contributed by atoms with Gasteiger partial charge in [-0.3, -0.25) is 4.90 Å². The minimum absolute atomic E-state index is 0.477. The van der Waals surface area contributed by atoms with Gasteiger partial charge in [0.25, 0.3) is 0 Å². The Morgan fingerprint density at radius 1 is 0.968 bits per heavy atom. The van der Waals surface area contributed by atoms with Crippen molar-refractivity contribution < 1.29 is 9.47 Å². The highest BCUT2D eigenvalue weighted by molar-refractivity contribution is 7.18. The Morgan fingerprint density at radius 2 is 1.77 bits per heavy atom. The monoisotopic (exact) mass is 445 g/mol. The number of thiophene rings is 1. The van der Waals surface area contributed by atoms with Crippen LogP contribution in [0, 0.1) is 19.8 Å². The number of hydrogen-bond donors (Lipinski definition) is 1. The van der Waals surface area contributed by atoms with Crippen LogP contribution in [-0.2, 0) is 16.0 Å². The summed E-state index contributed by atoms with van der Waals surface area (Å²) in [4.78, 5) is 17.5. The van der Waals surface area contributed by atoms with Gasteiger partial charge >= 0.3 is 0 Å². The van der Waals surface area contributed by atoms with Crippen molar-refractivity contribution in [3.63, 3.8) is 0 Å². The molecular formula is C23H35N5O2S. The number of ether oxygens (including phenoxy) is 2. The molecule has 5 heterocycles. The van der Waals surface area contributed by atoms with E-state index in [1.807, 2.05) is 0 Å². The van der Waals surface area contributed by atoms with E-state index in [1.54, 1.807) is 11.3 Å². The minimum Gasteiger partial charge on any atom is -0.381 e. The van der Waals surface area contributed by atoms with Crippen LogP contribution in [0.5, 0.6) is 0 Å². The van der Waals surface area contributed by atoms with Gasteiger partial charge < -0.3 is 19.7 Å². The maximum Gasteiger partial charge on any atom is 0.146 e. The average molecular weight is 446 g/mol. The number of nitrogens with one attached hydrogen (secondary N) is 1. The summed E-state index contributed by atoms with van der Waals surface area (Å²) >= 11 is 1.79. The van der Waals surface area contributed by atoms with Gasteiger partial charge in [0.1, 0.15) is 16.5 Å². The fourth-order valence-corrected chi connectivity index (χ4v) is 6.02. The van der Waals surface area contributed by atoms with Crippen molar-refractivity contribution in [3.05, 3.63) is 16.3 Å². The molecule has 0 aliphatic carbocycles. The first-order valence-corrected chi connectivity index (χ1v) is 12.6. The molecule has 8 heteroatoms. The number of morpholine rings is 1. The maximum atomic E-state index is 5.56. The summed E-state index contributed by atoms with van der Waals surface area (Å²) in [5.41, 5.74) is 1.32. The van der Waals surface area contributed by atoms with Crippen LogP contribution in [0.4, 0.5) is 5.82 Å². The van der Waals surface area contributed by atoms with E-state index in [2.05, 4.69) is 29.0 Å². The normalized spacial score (nSPS) is 24.3. The van der Waals surface area contributed by atoms with Gasteiger partial charge in [0.05, 0.1) is 31.8 Å². The third-order valence-electron chi connectivity index (χ3n) is 7.01. The van der Waals surface area contributed by atoms with Gasteiger partial charge in [-0.15, -0.1) is 11.3 Å². The fraction of sp³-hybridized carbons (Fsp3) is 0.739. The van der Waals surface area contributed by atoms with E-state index in [9.17, 15) is 0 Å². The summed E-state index contributed by atoms with van der Waals surface area (Å²) in [6.45, 7) is 14.1. The van der Waals surface area contributed by atoms with Crippen molar-refractivity contribution in [3.8, 4) is 0 Å². The van der Waals surface area contributed by atoms with E-state index in [1.165, 1.54) is 41.6 Å². The zero-order valence-electron chi connectivity index (χ0n) is 18.9. The average Bonchev–Trinajstić information content (AvgIpc) is 3.38. The van der Waals surface area contributed by atoms with Crippen molar-refractivity contribution in [2.75, 3.05) is 64.5 Å². The SMILES string of the molecule is Cc1sc2nc(CN3CCOCC3)nc(NC3CCN(CC4CCOC4)CC3)c2c1C. The second-order valence-electron chi connectivity index (χ2n) is 9.29. The number of likely N-dealkylation sites (tertiary alicyclic amines) is 1. The molecule has 3 aliphatic rings. The van der Waals surface area contributed by atoms with E-state index in [0.717, 1.165) is 81.5 Å². The summed E-state index contributed by atoms with van der Waals surface area (Å²) in [5.74, 6) is 2.69. The quantitative estimate of drug-likeness (QED) is 0.733. The van der Waals surface area contributed by atoms with Crippen molar-refractivity contribution in [2.45, 2.75) is 45.7 Å². The molecule has 0 bridgehead atoms. The standard InChI is InChI=1S/C23H35N5O2S/c1-16-17(2)31-23-21(16)22(25-20(26-23)14-28-8-11-29-12-9-28)24-19-3-6-27(7-4-19)13-18-5-10-30-15-18/h18-19H,3-15H2,1-2H3,(H,24,25,26). The molecule has 1 unspecified atom stereocenters. The first-order chi connectivity index (χ1) is 15.2. The third kappa shape index (κ3) is 5.03. The van der Waals surface area contributed by atoms with Crippen molar-refractivity contribution >= 4 is 27.4 Å². The summed E-state index contributed by atoms with van der Waals surface area (Å²) in [5, 5.41) is 5.05. The number of anilines is 1. The molecule has 3 aliphatic heterocycles. The fourth-order valence-electron chi connectivity index (χ4n) is 4.97. The van der Waals surface area contributed by atoms with Crippen molar-refractivity contribution in [1.29, 1.82) is 0 Å². The van der Waals surface area contributed by atoms with Crippen LogP contribution >= 0.6 is 11.3 Å². The number of rotatable bonds is 6.